The minimum atomic E-state index is -0.496. The Kier molecular flexibility index (Phi) is 4.10. The van der Waals surface area contributed by atoms with Gasteiger partial charge in [-0.2, -0.15) is 0 Å². The molecule has 1 aliphatic rings. The summed E-state index contributed by atoms with van der Waals surface area (Å²) in [5.41, 5.74) is 1.89. The molecule has 3 aromatic rings. The van der Waals surface area contributed by atoms with Crippen molar-refractivity contribution in [3.63, 3.8) is 0 Å². The second-order valence-corrected chi connectivity index (χ2v) is 6.95. The van der Waals surface area contributed by atoms with Gasteiger partial charge in [-0.1, -0.05) is 28.4 Å². The van der Waals surface area contributed by atoms with Crippen LogP contribution in [0.5, 0.6) is 0 Å². The lowest BCUT2D eigenvalue weighted by atomic mass is 10.2. The van der Waals surface area contributed by atoms with Crippen LogP contribution in [0, 0.1) is 5.82 Å². The van der Waals surface area contributed by atoms with E-state index in [9.17, 15) is 9.18 Å². The number of aromatic nitrogens is 4. The van der Waals surface area contributed by atoms with Crippen LogP contribution >= 0.6 is 35.0 Å². The molecule has 0 aliphatic carbocycles. The molecule has 10 heteroatoms. The Hall–Kier alpha value is -2.16. The molecule has 1 aromatic carbocycles. The minimum Gasteiger partial charge on any atom is -0.320 e. The van der Waals surface area contributed by atoms with Crippen molar-refractivity contribution >= 4 is 46.6 Å². The third-order valence-electron chi connectivity index (χ3n) is 3.56. The standard InChI is InChI=1S/C15H8Cl2FN5OS/c16-8-4-10-12(5-9(8)18)25-6-11-14(21-22-23(10)11)15(24)20-7-1-2-19-13(17)3-7/h1-5H,6H2,(H,19,20,24). The minimum absolute atomic E-state index is 0.0138. The molecule has 1 N–H and O–H groups in total. The molecule has 0 atom stereocenters. The highest BCUT2D eigenvalue weighted by Crippen LogP contribution is 2.38. The van der Waals surface area contributed by atoms with Crippen LogP contribution in [-0.4, -0.2) is 25.9 Å². The predicted molar refractivity (Wildman–Crippen MR) is 93.1 cm³/mol. The molecule has 0 saturated carbocycles. The van der Waals surface area contributed by atoms with Gasteiger partial charge >= 0.3 is 0 Å². The van der Waals surface area contributed by atoms with Gasteiger partial charge in [-0.05, 0) is 24.3 Å². The number of pyridine rings is 1. The summed E-state index contributed by atoms with van der Waals surface area (Å²) in [4.78, 5) is 17.0. The van der Waals surface area contributed by atoms with Crippen molar-refractivity contribution in [1.82, 2.24) is 20.0 Å². The summed E-state index contributed by atoms with van der Waals surface area (Å²) in [6.45, 7) is 0. The first-order valence-corrected chi connectivity index (χ1v) is 8.77. The van der Waals surface area contributed by atoms with Gasteiger partial charge in [-0.3, -0.25) is 4.79 Å². The normalized spacial score (nSPS) is 12.4. The second-order valence-electron chi connectivity index (χ2n) is 5.14. The monoisotopic (exact) mass is 395 g/mol. The largest absolute Gasteiger partial charge is 0.320 e. The first-order chi connectivity index (χ1) is 12.0. The van der Waals surface area contributed by atoms with Crippen molar-refractivity contribution in [2.24, 2.45) is 0 Å². The SMILES string of the molecule is O=C(Nc1ccnc(Cl)c1)c1nnn2c1CSc1cc(F)c(Cl)cc1-2. The average Bonchev–Trinajstić information content (AvgIpc) is 3.00. The van der Waals surface area contributed by atoms with Crippen LogP contribution in [0.25, 0.3) is 5.69 Å². The van der Waals surface area contributed by atoms with E-state index in [1.807, 2.05) is 0 Å². The van der Waals surface area contributed by atoms with Crippen LogP contribution < -0.4 is 5.32 Å². The van der Waals surface area contributed by atoms with Crippen molar-refractivity contribution in [2.45, 2.75) is 10.6 Å². The van der Waals surface area contributed by atoms with Crippen LogP contribution in [0.4, 0.5) is 10.1 Å². The van der Waals surface area contributed by atoms with Gasteiger partial charge in [0.2, 0.25) is 0 Å². The number of carbonyl (C=O) groups is 1. The lowest BCUT2D eigenvalue weighted by Crippen LogP contribution is -2.16. The van der Waals surface area contributed by atoms with E-state index < -0.39 is 11.7 Å². The fourth-order valence-electron chi connectivity index (χ4n) is 2.42. The smallest absolute Gasteiger partial charge is 0.278 e. The highest BCUT2D eigenvalue weighted by Gasteiger charge is 2.26. The number of anilines is 1. The molecule has 0 radical (unpaired) electrons. The Morgan fingerprint density at radius 3 is 2.96 bits per heavy atom. The topological polar surface area (TPSA) is 72.7 Å². The molecule has 0 unspecified atom stereocenters. The maximum atomic E-state index is 13.6. The zero-order valence-corrected chi connectivity index (χ0v) is 14.7. The molecule has 4 rings (SSSR count). The number of thioether (sulfide) groups is 1. The molecule has 126 valence electrons. The summed E-state index contributed by atoms with van der Waals surface area (Å²) in [5, 5.41) is 11.0. The second kappa shape index (κ2) is 6.29. The number of hydrogen-bond donors (Lipinski definition) is 1. The summed E-state index contributed by atoms with van der Waals surface area (Å²) in [6, 6.07) is 5.97. The third kappa shape index (κ3) is 2.97. The van der Waals surface area contributed by atoms with Gasteiger partial charge in [0.25, 0.3) is 5.91 Å². The molecule has 0 spiro atoms. The quantitative estimate of drug-likeness (QED) is 0.664. The number of nitrogens with zero attached hydrogens (tertiary/aromatic N) is 4. The number of hydrogen-bond acceptors (Lipinski definition) is 5. The Morgan fingerprint density at radius 2 is 2.16 bits per heavy atom. The summed E-state index contributed by atoms with van der Waals surface area (Å²) in [7, 11) is 0. The maximum Gasteiger partial charge on any atom is 0.278 e. The zero-order valence-electron chi connectivity index (χ0n) is 12.3. The summed E-state index contributed by atoms with van der Waals surface area (Å²) < 4.78 is 15.1. The molecule has 2 aromatic heterocycles. The number of rotatable bonds is 2. The highest BCUT2D eigenvalue weighted by atomic mass is 35.5. The third-order valence-corrected chi connectivity index (χ3v) is 5.11. The molecule has 6 nitrogen and oxygen atoms in total. The molecule has 0 saturated heterocycles. The number of nitrogens with one attached hydrogen (secondary N) is 1. The van der Waals surface area contributed by atoms with Gasteiger partial charge in [0.1, 0.15) is 11.0 Å². The van der Waals surface area contributed by atoms with Crippen molar-refractivity contribution < 1.29 is 9.18 Å². The molecular formula is C15H8Cl2FN5OS. The van der Waals surface area contributed by atoms with Crippen LogP contribution in [0.3, 0.4) is 0 Å². The predicted octanol–water partition coefficient (Wildman–Crippen LogP) is 3.97. The van der Waals surface area contributed by atoms with Gasteiger partial charge in [-0.25, -0.2) is 14.1 Å². The number of carbonyl (C=O) groups excluding carboxylic acids is 1. The fraction of sp³-hybridized carbons (Fsp3) is 0.0667. The number of fused-ring (bicyclic) bond motifs is 3. The first-order valence-electron chi connectivity index (χ1n) is 7.02. The maximum absolute atomic E-state index is 13.6. The Labute approximate surface area is 155 Å². The summed E-state index contributed by atoms with van der Waals surface area (Å²) >= 11 is 13.1. The van der Waals surface area contributed by atoms with E-state index in [1.165, 1.54) is 40.8 Å². The Bertz CT molecular complexity index is 1010. The van der Waals surface area contributed by atoms with Crippen LogP contribution in [-0.2, 0) is 5.75 Å². The Morgan fingerprint density at radius 1 is 1.32 bits per heavy atom. The van der Waals surface area contributed by atoms with Crippen LogP contribution in [0.1, 0.15) is 16.2 Å². The van der Waals surface area contributed by atoms with Crippen molar-refractivity contribution in [2.75, 3.05) is 5.32 Å². The van der Waals surface area contributed by atoms with Crippen LogP contribution in [0.15, 0.2) is 35.4 Å². The number of amides is 1. The van der Waals surface area contributed by atoms with Crippen molar-refractivity contribution in [1.29, 1.82) is 0 Å². The highest BCUT2D eigenvalue weighted by molar-refractivity contribution is 7.98. The van der Waals surface area contributed by atoms with Crippen molar-refractivity contribution in [3.8, 4) is 5.69 Å². The lowest BCUT2D eigenvalue weighted by molar-refractivity contribution is 0.102. The van der Waals surface area contributed by atoms with Gasteiger partial charge < -0.3 is 5.32 Å². The van der Waals surface area contributed by atoms with Crippen molar-refractivity contribution in [3.05, 3.63) is 57.8 Å². The molecule has 0 bridgehead atoms. The zero-order chi connectivity index (χ0) is 17.6. The van der Waals surface area contributed by atoms with E-state index in [0.29, 0.717) is 27.7 Å². The average molecular weight is 396 g/mol. The van der Waals surface area contributed by atoms with Crippen LogP contribution in [0.2, 0.25) is 10.2 Å². The first kappa shape index (κ1) is 16.3. The molecule has 3 heterocycles. The van der Waals surface area contributed by atoms with E-state index in [4.69, 9.17) is 23.2 Å². The Balaban J connectivity index is 1.69. The lowest BCUT2D eigenvalue weighted by Gasteiger charge is -2.17. The van der Waals surface area contributed by atoms with E-state index in [2.05, 4.69) is 20.6 Å². The van der Waals surface area contributed by atoms with Gasteiger partial charge in [0, 0.05) is 22.5 Å². The summed E-state index contributed by atoms with van der Waals surface area (Å²) in [6.07, 6.45) is 1.49. The van der Waals surface area contributed by atoms with E-state index in [-0.39, 0.29) is 15.9 Å². The summed E-state index contributed by atoms with van der Waals surface area (Å²) in [5.74, 6) is -0.481. The van der Waals surface area contributed by atoms with Gasteiger partial charge in [0.05, 0.1) is 16.4 Å². The van der Waals surface area contributed by atoms with E-state index in [1.54, 1.807) is 6.07 Å². The number of halogens is 3. The molecule has 0 fully saturated rings. The molecular weight excluding hydrogens is 388 g/mol. The molecule has 1 amide bonds. The fourth-order valence-corrected chi connectivity index (χ4v) is 3.78. The van der Waals surface area contributed by atoms with E-state index >= 15 is 0 Å². The molecule has 25 heavy (non-hydrogen) atoms. The van der Waals surface area contributed by atoms with Gasteiger partial charge in [-0.15, -0.1) is 16.9 Å². The number of benzene rings is 1. The molecule has 1 aliphatic heterocycles. The van der Waals surface area contributed by atoms with Gasteiger partial charge in [0.15, 0.2) is 5.69 Å². The van der Waals surface area contributed by atoms with E-state index in [0.717, 1.165) is 0 Å².